The quantitative estimate of drug-likeness (QED) is 0.875. The first-order chi connectivity index (χ1) is 10.1. The number of amides is 1. The molecule has 2 unspecified atom stereocenters. The molecule has 0 saturated carbocycles. The minimum Gasteiger partial charge on any atom is -0.383 e. The maximum absolute atomic E-state index is 12.6. The summed E-state index contributed by atoms with van der Waals surface area (Å²) in [5.41, 5.74) is 3.65. The Hall–Kier alpha value is -1.39. The molecule has 1 aromatic rings. The number of benzene rings is 1. The van der Waals surface area contributed by atoms with Gasteiger partial charge in [0.2, 0.25) is 5.91 Å². The van der Waals surface area contributed by atoms with E-state index < -0.39 is 0 Å². The summed E-state index contributed by atoms with van der Waals surface area (Å²) in [5, 5.41) is 3.50. The number of methoxy groups -OCH3 is 1. The van der Waals surface area contributed by atoms with Gasteiger partial charge in [-0.25, -0.2) is 0 Å². The molecule has 4 nitrogen and oxygen atoms in total. The molecular formula is C17H26N2O2. The third-order valence-corrected chi connectivity index (χ3v) is 4.09. The Morgan fingerprint density at radius 2 is 2.10 bits per heavy atom. The Balaban J connectivity index is 2.27. The van der Waals surface area contributed by atoms with Crippen molar-refractivity contribution in [3.05, 3.63) is 34.9 Å². The molecule has 0 bridgehead atoms. The molecule has 0 aromatic heterocycles. The van der Waals surface area contributed by atoms with E-state index in [0.29, 0.717) is 13.2 Å². The van der Waals surface area contributed by atoms with Crippen LogP contribution >= 0.6 is 0 Å². The van der Waals surface area contributed by atoms with Crippen LogP contribution in [-0.4, -0.2) is 37.1 Å². The largest absolute Gasteiger partial charge is 0.383 e. The van der Waals surface area contributed by atoms with Crippen molar-refractivity contribution in [3.63, 3.8) is 0 Å². The SMILES string of the molecule is CCCC1NC(c2ccc(C)cc2C)N(CCOC)C1=O. The van der Waals surface area contributed by atoms with Crippen LogP contribution in [0.25, 0.3) is 0 Å². The fraction of sp³-hybridized carbons (Fsp3) is 0.588. The van der Waals surface area contributed by atoms with Gasteiger partial charge in [-0.05, 0) is 31.4 Å². The fourth-order valence-corrected chi connectivity index (χ4v) is 2.99. The van der Waals surface area contributed by atoms with Crippen LogP contribution < -0.4 is 5.32 Å². The van der Waals surface area contributed by atoms with Crippen molar-refractivity contribution in [2.45, 2.75) is 45.8 Å². The van der Waals surface area contributed by atoms with Crippen molar-refractivity contribution >= 4 is 5.91 Å². The summed E-state index contributed by atoms with van der Waals surface area (Å²) < 4.78 is 5.16. The van der Waals surface area contributed by atoms with Gasteiger partial charge in [0.15, 0.2) is 0 Å². The average Bonchev–Trinajstić information content (AvgIpc) is 2.74. The molecule has 0 spiro atoms. The van der Waals surface area contributed by atoms with Crippen LogP contribution in [0.5, 0.6) is 0 Å². The Labute approximate surface area is 127 Å². The number of hydrogen-bond donors (Lipinski definition) is 1. The van der Waals surface area contributed by atoms with E-state index in [4.69, 9.17) is 4.74 Å². The molecule has 1 saturated heterocycles. The highest BCUT2D eigenvalue weighted by molar-refractivity contribution is 5.84. The van der Waals surface area contributed by atoms with E-state index in [2.05, 4.69) is 44.3 Å². The lowest BCUT2D eigenvalue weighted by Gasteiger charge is -2.25. The molecule has 4 heteroatoms. The number of carbonyl (C=O) groups is 1. The van der Waals surface area contributed by atoms with Crippen LogP contribution in [0, 0.1) is 13.8 Å². The lowest BCUT2D eigenvalue weighted by atomic mass is 10.0. The predicted octanol–water partition coefficient (Wildman–Crippen LogP) is 2.55. The third-order valence-electron chi connectivity index (χ3n) is 4.09. The molecule has 1 N–H and O–H groups in total. The second-order valence-electron chi connectivity index (χ2n) is 5.79. The van der Waals surface area contributed by atoms with Crippen molar-refractivity contribution < 1.29 is 9.53 Å². The van der Waals surface area contributed by atoms with Gasteiger partial charge in [0.25, 0.3) is 0 Å². The van der Waals surface area contributed by atoms with E-state index in [-0.39, 0.29) is 18.1 Å². The highest BCUT2D eigenvalue weighted by Crippen LogP contribution is 2.29. The summed E-state index contributed by atoms with van der Waals surface area (Å²) in [7, 11) is 1.67. The van der Waals surface area contributed by atoms with E-state index in [1.807, 2.05) is 4.90 Å². The first-order valence-electron chi connectivity index (χ1n) is 7.71. The molecular weight excluding hydrogens is 264 g/mol. The monoisotopic (exact) mass is 290 g/mol. The number of rotatable bonds is 6. The van der Waals surface area contributed by atoms with Crippen LogP contribution in [0.1, 0.15) is 42.6 Å². The smallest absolute Gasteiger partial charge is 0.241 e. The molecule has 0 radical (unpaired) electrons. The molecule has 1 heterocycles. The second-order valence-corrected chi connectivity index (χ2v) is 5.79. The number of hydrogen-bond acceptors (Lipinski definition) is 3. The van der Waals surface area contributed by atoms with Gasteiger partial charge in [-0.3, -0.25) is 10.1 Å². The normalized spacial score (nSPS) is 22.1. The predicted molar refractivity (Wildman–Crippen MR) is 84.1 cm³/mol. The summed E-state index contributed by atoms with van der Waals surface area (Å²) >= 11 is 0. The van der Waals surface area contributed by atoms with E-state index in [9.17, 15) is 4.79 Å². The van der Waals surface area contributed by atoms with Crippen LogP contribution in [0.2, 0.25) is 0 Å². The minimum atomic E-state index is -0.0717. The maximum Gasteiger partial charge on any atom is 0.241 e. The number of nitrogens with zero attached hydrogens (tertiary/aromatic N) is 1. The zero-order chi connectivity index (χ0) is 15.4. The van der Waals surface area contributed by atoms with Gasteiger partial charge in [-0.1, -0.05) is 37.1 Å². The van der Waals surface area contributed by atoms with E-state index in [1.165, 1.54) is 16.7 Å². The zero-order valence-corrected chi connectivity index (χ0v) is 13.5. The number of nitrogens with one attached hydrogen (secondary N) is 1. The van der Waals surface area contributed by atoms with Crippen LogP contribution in [0.15, 0.2) is 18.2 Å². The van der Waals surface area contributed by atoms with Gasteiger partial charge in [-0.2, -0.15) is 0 Å². The Bertz CT molecular complexity index is 502. The number of ether oxygens (including phenoxy) is 1. The summed E-state index contributed by atoms with van der Waals surface area (Å²) in [6, 6.07) is 6.33. The van der Waals surface area contributed by atoms with Crippen molar-refractivity contribution in [1.82, 2.24) is 10.2 Å². The molecule has 1 aliphatic rings. The summed E-state index contributed by atoms with van der Waals surface area (Å²) in [4.78, 5) is 14.5. The molecule has 1 amide bonds. The van der Waals surface area contributed by atoms with Crippen molar-refractivity contribution in [2.75, 3.05) is 20.3 Å². The van der Waals surface area contributed by atoms with Gasteiger partial charge in [0, 0.05) is 13.7 Å². The third kappa shape index (κ3) is 3.44. The Kier molecular flexibility index (Phi) is 5.37. The van der Waals surface area contributed by atoms with E-state index in [1.54, 1.807) is 7.11 Å². The van der Waals surface area contributed by atoms with Crippen LogP contribution in [-0.2, 0) is 9.53 Å². The van der Waals surface area contributed by atoms with Gasteiger partial charge in [-0.15, -0.1) is 0 Å². The minimum absolute atomic E-state index is 0.0372. The highest BCUT2D eigenvalue weighted by atomic mass is 16.5. The van der Waals surface area contributed by atoms with E-state index in [0.717, 1.165) is 12.8 Å². The second kappa shape index (κ2) is 7.05. The van der Waals surface area contributed by atoms with Gasteiger partial charge in [0.1, 0.15) is 6.17 Å². The first-order valence-corrected chi connectivity index (χ1v) is 7.71. The van der Waals surface area contributed by atoms with Crippen LogP contribution in [0.3, 0.4) is 0 Å². The topological polar surface area (TPSA) is 41.6 Å². The fourth-order valence-electron chi connectivity index (χ4n) is 2.99. The van der Waals surface area contributed by atoms with Gasteiger partial charge in [0.05, 0.1) is 12.6 Å². The molecule has 2 atom stereocenters. The molecule has 21 heavy (non-hydrogen) atoms. The van der Waals surface area contributed by atoms with Gasteiger partial charge >= 0.3 is 0 Å². The van der Waals surface area contributed by atoms with Gasteiger partial charge < -0.3 is 9.64 Å². The van der Waals surface area contributed by atoms with Crippen molar-refractivity contribution in [2.24, 2.45) is 0 Å². The number of carbonyl (C=O) groups excluding carboxylic acids is 1. The van der Waals surface area contributed by atoms with Crippen LogP contribution in [0.4, 0.5) is 0 Å². The first kappa shape index (κ1) is 16.0. The zero-order valence-electron chi connectivity index (χ0n) is 13.5. The summed E-state index contributed by atoms with van der Waals surface area (Å²) in [5.74, 6) is 0.193. The Morgan fingerprint density at radius 3 is 2.71 bits per heavy atom. The Morgan fingerprint density at radius 1 is 1.33 bits per heavy atom. The number of aryl methyl sites for hydroxylation is 2. The highest BCUT2D eigenvalue weighted by Gasteiger charge is 2.39. The molecule has 1 aromatic carbocycles. The maximum atomic E-state index is 12.6. The van der Waals surface area contributed by atoms with Crippen molar-refractivity contribution in [1.29, 1.82) is 0 Å². The molecule has 1 aliphatic heterocycles. The average molecular weight is 290 g/mol. The molecule has 116 valence electrons. The molecule has 1 fully saturated rings. The standard InChI is InChI=1S/C17H26N2O2/c1-5-6-15-17(20)19(9-10-21-4)16(18-15)14-8-7-12(2)11-13(14)3/h7-8,11,15-16,18H,5-6,9-10H2,1-4H3. The van der Waals surface area contributed by atoms with E-state index >= 15 is 0 Å². The lowest BCUT2D eigenvalue weighted by molar-refractivity contribution is -0.130. The lowest BCUT2D eigenvalue weighted by Crippen LogP contribution is -2.34. The molecule has 0 aliphatic carbocycles. The van der Waals surface area contributed by atoms with Crippen molar-refractivity contribution in [3.8, 4) is 0 Å². The molecule has 2 rings (SSSR count). The summed E-state index contributed by atoms with van der Waals surface area (Å²) in [6.45, 7) is 7.50. The summed E-state index contributed by atoms with van der Waals surface area (Å²) in [6.07, 6.45) is 1.84.